The predicted octanol–water partition coefficient (Wildman–Crippen LogP) is 3.58. The van der Waals surface area contributed by atoms with E-state index in [9.17, 15) is 0 Å². The molecule has 1 saturated heterocycles. The van der Waals surface area contributed by atoms with Crippen molar-refractivity contribution in [3.63, 3.8) is 0 Å². The second-order valence-corrected chi connectivity index (χ2v) is 8.04. The van der Waals surface area contributed by atoms with E-state index in [-0.39, 0.29) is 24.0 Å². The molecular weight excluding hydrogens is 443 g/mol. The van der Waals surface area contributed by atoms with Gasteiger partial charge in [0.05, 0.1) is 0 Å². The predicted molar refractivity (Wildman–Crippen MR) is 122 cm³/mol. The molecule has 1 aliphatic carbocycles. The van der Waals surface area contributed by atoms with Gasteiger partial charge in [0.2, 0.25) is 0 Å². The lowest BCUT2D eigenvalue weighted by Crippen LogP contribution is -2.44. The smallest absolute Gasteiger partial charge is 0.191 e. The van der Waals surface area contributed by atoms with Crippen molar-refractivity contribution in [1.82, 2.24) is 10.6 Å². The number of nitrogens with one attached hydrogen (secondary N) is 2. The second kappa shape index (κ2) is 10.5. The molecule has 2 N–H and O–H groups in total. The van der Waals surface area contributed by atoms with Crippen molar-refractivity contribution in [3.8, 4) is 0 Å². The van der Waals surface area contributed by atoms with Crippen LogP contribution in [0.1, 0.15) is 25.7 Å². The lowest BCUT2D eigenvalue weighted by atomic mass is 10.1. The van der Waals surface area contributed by atoms with Gasteiger partial charge in [0, 0.05) is 43.7 Å². The van der Waals surface area contributed by atoms with Crippen molar-refractivity contribution >= 4 is 47.4 Å². The molecule has 0 spiro atoms. The first-order chi connectivity index (χ1) is 11.8. The SMILES string of the molecule is CN=C(NCC1CCN(c2ccccc2)C1)NC1CCC(SC)C1.I. The van der Waals surface area contributed by atoms with Gasteiger partial charge in [-0.05, 0) is 50.0 Å². The summed E-state index contributed by atoms with van der Waals surface area (Å²) in [5.41, 5.74) is 1.34. The molecule has 25 heavy (non-hydrogen) atoms. The van der Waals surface area contributed by atoms with Gasteiger partial charge in [-0.3, -0.25) is 4.99 Å². The first-order valence-electron chi connectivity index (χ1n) is 9.08. The Labute approximate surface area is 173 Å². The highest BCUT2D eigenvalue weighted by Gasteiger charge is 2.26. The lowest BCUT2D eigenvalue weighted by molar-refractivity contribution is 0.552. The van der Waals surface area contributed by atoms with E-state index in [1.165, 1.54) is 31.4 Å². The van der Waals surface area contributed by atoms with Gasteiger partial charge >= 0.3 is 0 Å². The summed E-state index contributed by atoms with van der Waals surface area (Å²) >= 11 is 2.00. The third kappa shape index (κ3) is 5.94. The fourth-order valence-electron chi connectivity index (χ4n) is 3.79. The third-order valence-electron chi connectivity index (χ3n) is 5.25. The Morgan fingerprint density at radius 1 is 1.24 bits per heavy atom. The molecular formula is C19H31IN4S. The molecule has 3 rings (SSSR count). The van der Waals surface area contributed by atoms with Crippen LogP contribution in [0.15, 0.2) is 35.3 Å². The summed E-state index contributed by atoms with van der Waals surface area (Å²) in [5, 5.41) is 7.97. The molecule has 4 nitrogen and oxygen atoms in total. The molecule has 6 heteroatoms. The molecule has 0 radical (unpaired) electrons. The molecule has 2 aliphatic rings. The molecule has 1 saturated carbocycles. The maximum atomic E-state index is 4.41. The molecule has 3 atom stereocenters. The summed E-state index contributed by atoms with van der Waals surface area (Å²) in [4.78, 5) is 6.90. The molecule has 0 amide bonds. The number of rotatable bonds is 5. The Morgan fingerprint density at radius 3 is 2.72 bits per heavy atom. The number of benzene rings is 1. The van der Waals surface area contributed by atoms with Crippen LogP contribution in [-0.4, -0.2) is 50.2 Å². The zero-order chi connectivity index (χ0) is 16.8. The van der Waals surface area contributed by atoms with E-state index in [4.69, 9.17) is 0 Å². The molecule has 0 aromatic heterocycles. The van der Waals surface area contributed by atoms with E-state index in [0.29, 0.717) is 12.0 Å². The number of nitrogens with zero attached hydrogens (tertiary/aromatic N) is 2. The molecule has 140 valence electrons. The third-order valence-corrected chi connectivity index (χ3v) is 6.34. The van der Waals surface area contributed by atoms with Crippen molar-refractivity contribution in [2.24, 2.45) is 10.9 Å². The van der Waals surface area contributed by atoms with Crippen LogP contribution in [0.4, 0.5) is 5.69 Å². The summed E-state index contributed by atoms with van der Waals surface area (Å²) in [6, 6.07) is 11.3. The standard InChI is InChI=1S/C19H30N4S.HI/c1-20-19(22-16-8-9-18(12-16)24-2)21-13-15-10-11-23(14-15)17-6-4-3-5-7-17;/h3-7,15-16,18H,8-14H2,1-2H3,(H2,20,21,22);1H. The molecule has 1 aliphatic heterocycles. The number of para-hydroxylation sites is 1. The average molecular weight is 474 g/mol. The molecule has 0 bridgehead atoms. The minimum atomic E-state index is 0. The number of thioether (sulfide) groups is 1. The topological polar surface area (TPSA) is 39.7 Å². The van der Waals surface area contributed by atoms with Crippen LogP contribution in [-0.2, 0) is 0 Å². The number of guanidine groups is 1. The molecule has 2 fully saturated rings. The highest BCUT2D eigenvalue weighted by atomic mass is 127. The van der Waals surface area contributed by atoms with E-state index in [0.717, 1.165) is 30.8 Å². The normalized spacial score (nSPS) is 26.4. The summed E-state index contributed by atoms with van der Waals surface area (Å²) in [6.45, 7) is 3.29. The minimum Gasteiger partial charge on any atom is -0.371 e. The van der Waals surface area contributed by atoms with E-state index in [1.54, 1.807) is 0 Å². The van der Waals surface area contributed by atoms with Crippen molar-refractivity contribution in [2.45, 2.75) is 37.0 Å². The van der Waals surface area contributed by atoms with Gasteiger partial charge in [0.25, 0.3) is 0 Å². The Hall–Kier alpha value is -0.630. The first kappa shape index (κ1) is 20.7. The van der Waals surface area contributed by atoms with Gasteiger partial charge in [-0.15, -0.1) is 24.0 Å². The van der Waals surface area contributed by atoms with Crippen molar-refractivity contribution in [2.75, 3.05) is 37.8 Å². The quantitative estimate of drug-likeness (QED) is 0.389. The van der Waals surface area contributed by atoms with Gasteiger partial charge in [-0.2, -0.15) is 11.8 Å². The maximum Gasteiger partial charge on any atom is 0.191 e. The van der Waals surface area contributed by atoms with Gasteiger partial charge in [-0.1, -0.05) is 18.2 Å². The van der Waals surface area contributed by atoms with Crippen LogP contribution in [0.5, 0.6) is 0 Å². The minimum absolute atomic E-state index is 0. The van der Waals surface area contributed by atoms with Crippen molar-refractivity contribution in [1.29, 1.82) is 0 Å². The van der Waals surface area contributed by atoms with E-state index in [1.807, 2.05) is 18.8 Å². The second-order valence-electron chi connectivity index (χ2n) is 6.90. The van der Waals surface area contributed by atoms with Crippen LogP contribution in [0.2, 0.25) is 0 Å². The number of anilines is 1. The Bertz CT molecular complexity index is 539. The van der Waals surface area contributed by atoms with Crippen LogP contribution < -0.4 is 15.5 Å². The van der Waals surface area contributed by atoms with Crippen LogP contribution in [0, 0.1) is 5.92 Å². The summed E-state index contributed by atoms with van der Waals surface area (Å²) in [6.07, 6.45) is 7.31. The fourth-order valence-corrected chi connectivity index (χ4v) is 4.58. The van der Waals surface area contributed by atoms with Crippen molar-refractivity contribution < 1.29 is 0 Å². The highest BCUT2D eigenvalue weighted by molar-refractivity contribution is 14.0. The lowest BCUT2D eigenvalue weighted by Gasteiger charge is -2.20. The van der Waals surface area contributed by atoms with Gasteiger partial charge < -0.3 is 15.5 Å². The average Bonchev–Trinajstić information content (AvgIpc) is 3.28. The largest absolute Gasteiger partial charge is 0.371 e. The van der Waals surface area contributed by atoms with Crippen LogP contribution in [0.25, 0.3) is 0 Å². The number of aliphatic imine (C=N–C) groups is 1. The Balaban J connectivity index is 0.00000225. The van der Waals surface area contributed by atoms with E-state index < -0.39 is 0 Å². The summed E-state index contributed by atoms with van der Waals surface area (Å²) in [5.74, 6) is 1.66. The Morgan fingerprint density at radius 2 is 2.04 bits per heavy atom. The molecule has 1 aromatic carbocycles. The number of halogens is 1. The van der Waals surface area contributed by atoms with Gasteiger partial charge in [0.1, 0.15) is 0 Å². The number of hydrogen-bond acceptors (Lipinski definition) is 3. The zero-order valence-corrected chi connectivity index (χ0v) is 18.4. The van der Waals surface area contributed by atoms with E-state index >= 15 is 0 Å². The van der Waals surface area contributed by atoms with Gasteiger partial charge in [-0.25, -0.2) is 0 Å². The van der Waals surface area contributed by atoms with Crippen molar-refractivity contribution in [3.05, 3.63) is 30.3 Å². The molecule has 3 unspecified atom stereocenters. The first-order valence-corrected chi connectivity index (χ1v) is 10.4. The van der Waals surface area contributed by atoms with Crippen LogP contribution >= 0.6 is 35.7 Å². The fraction of sp³-hybridized carbons (Fsp3) is 0.632. The summed E-state index contributed by atoms with van der Waals surface area (Å²) < 4.78 is 0. The molecule has 1 heterocycles. The number of hydrogen-bond donors (Lipinski definition) is 2. The van der Waals surface area contributed by atoms with Crippen LogP contribution in [0.3, 0.4) is 0 Å². The van der Waals surface area contributed by atoms with Gasteiger partial charge in [0.15, 0.2) is 5.96 Å². The zero-order valence-electron chi connectivity index (χ0n) is 15.3. The maximum absolute atomic E-state index is 4.41. The summed E-state index contributed by atoms with van der Waals surface area (Å²) in [7, 11) is 1.88. The monoisotopic (exact) mass is 474 g/mol. The Kier molecular flexibility index (Phi) is 8.69. The highest BCUT2D eigenvalue weighted by Crippen LogP contribution is 2.28. The molecule has 1 aromatic rings. The van der Waals surface area contributed by atoms with E-state index in [2.05, 4.69) is 57.1 Å².